The number of carbonyl (C=O) groups excluding carboxylic acids is 1. The van der Waals surface area contributed by atoms with Gasteiger partial charge in [0.1, 0.15) is 0 Å². The van der Waals surface area contributed by atoms with Crippen LogP contribution in [-0.2, 0) is 24.2 Å². The normalized spacial score (nSPS) is 14.5. The molecule has 0 spiro atoms. The van der Waals surface area contributed by atoms with Crippen LogP contribution in [0.5, 0.6) is 0 Å². The molecule has 0 atom stereocenters. The fourth-order valence-corrected chi connectivity index (χ4v) is 3.40. The molecule has 100 valence electrons. The highest BCUT2D eigenvalue weighted by atomic mass is 35.5. The van der Waals surface area contributed by atoms with Crippen molar-refractivity contribution in [1.82, 2.24) is 15.1 Å². The van der Waals surface area contributed by atoms with E-state index in [0.717, 1.165) is 35.0 Å². The third kappa shape index (κ3) is 2.82. The van der Waals surface area contributed by atoms with Crippen LogP contribution in [0.3, 0.4) is 0 Å². The van der Waals surface area contributed by atoms with Crippen LogP contribution in [0.2, 0.25) is 4.34 Å². The lowest BCUT2D eigenvalue weighted by molar-refractivity contribution is -0.132. The number of H-pyrrole nitrogens is 1. The van der Waals surface area contributed by atoms with E-state index in [1.165, 1.54) is 4.88 Å². The maximum absolute atomic E-state index is 12.2. The first-order valence-electron chi connectivity index (χ1n) is 6.25. The first-order valence-corrected chi connectivity index (χ1v) is 7.45. The van der Waals surface area contributed by atoms with Crippen LogP contribution in [0.25, 0.3) is 0 Å². The Labute approximate surface area is 120 Å². The molecule has 19 heavy (non-hydrogen) atoms. The van der Waals surface area contributed by atoms with Gasteiger partial charge in [0, 0.05) is 42.1 Å². The second-order valence-electron chi connectivity index (χ2n) is 4.64. The molecule has 1 amide bonds. The minimum Gasteiger partial charge on any atom is -0.338 e. The maximum atomic E-state index is 12.2. The summed E-state index contributed by atoms with van der Waals surface area (Å²) in [6.07, 6.45) is 3.99. The van der Waals surface area contributed by atoms with Crippen LogP contribution >= 0.6 is 22.9 Å². The highest BCUT2D eigenvalue weighted by Gasteiger charge is 2.21. The monoisotopic (exact) mass is 295 g/mol. The number of fused-ring (bicyclic) bond motifs is 1. The van der Waals surface area contributed by atoms with Gasteiger partial charge in [-0.3, -0.25) is 9.89 Å². The fourth-order valence-electron chi connectivity index (χ4n) is 2.31. The van der Waals surface area contributed by atoms with Crippen LogP contribution < -0.4 is 0 Å². The van der Waals surface area contributed by atoms with Crippen molar-refractivity contribution < 1.29 is 4.79 Å². The van der Waals surface area contributed by atoms with Gasteiger partial charge < -0.3 is 4.90 Å². The molecule has 4 nitrogen and oxygen atoms in total. The molecular weight excluding hydrogens is 282 g/mol. The second kappa shape index (κ2) is 5.35. The lowest BCUT2D eigenvalue weighted by atomic mass is 10.1. The van der Waals surface area contributed by atoms with Gasteiger partial charge in [0.2, 0.25) is 5.91 Å². The number of amides is 1. The smallest absolute Gasteiger partial charge is 0.223 e. The minimum absolute atomic E-state index is 0.205. The molecule has 1 N–H and O–H groups in total. The van der Waals surface area contributed by atoms with Crippen molar-refractivity contribution in [3.63, 3.8) is 0 Å². The molecule has 0 fully saturated rings. The van der Waals surface area contributed by atoms with Gasteiger partial charge in [-0.25, -0.2) is 0 Å². The zero-order chi connectivity index (χ0) is 13.2. The standard InChI is InChI=1S/C13H14ClN3OS/c14-12-3-1-10(19-12)2-4-13(18)17-6-5-11-9(8-17)7-15-16-11/h1,3,7H,2,4-6,8H2,(H,15,16). The summed E-state index contributed by atoms with van der Waals surface area (Å²) in [7, 11) is 0. The molecule has 3 rings (SSSR count). The Hall–Kier alpha value is -1.33. The van der Waals surface area contributed by atoms with E-state index in [4.69, 9.17) is 11.6 Å². The minimum atomic E-state index is 0.205. The first-order chi connectivity index (χ1) is 9.22. The second-order valence-corrected chi connectivity index (χ2v) is 6.44. The number of halogens is 1. The molecule has 1 aliphatic rings. The summed E-state index contributed by atoms with van der Waals surface area (Å²) in [6.45, 7) is 1.45. The largest absolute Gasteiger partial charge is 0.338 e. The Bertz CT molecular complexity index is 592. The number of aromatic nitrogens is 2. The summed E-state index contributed by atoms with van der Waals surface area (Å²) in [4.78, 5) is 15.3. The number of nitrogens with zero attached hydrogens (tertiary/aromatic N) is 2. The van der Waals surface area contributed by atoms with E-state index in [2.05, 4.69) is 10.2 Å². The molecule has 0 radical (unpaired) electrons. The summed E-state index contributed by atoms with van der Waals surface area (Å²) in [5.74, 6) is 0.205. The number of thiophene rings is 1. The number of hydrogen-bond donors (Lipinski definition) is 1. The van der Waals surface area contributed by atoms with E-state index in [-0.39, 0.29) is 5.91 Å². The summed E-state index contributed by atoms with van der Waals surface area (Å²) in [5, 5.41) is 6.99. The van der Waals surface area contributed by atoms with E-state index in [9.17, 15) is 4.79 Å². The topological polar surface area (TPSA) is 49.0 Å². The van der Waals surface area contributed by atoms with Crippen molar-refractivity contribution in [3.05, 3.63) is 38.8 Å². The van der Waals surface area contributed by atoms with Crippen molar-refractivity contribution in [2.45, 2.75) is 25.8 Å². The zero-order valence-electron chi connectivity index (χ0n) is 10.4. The first kappa shape index (κ1) is 12.7. The average Bonchev–Trinajstić information content (AvgIpc) is 3.03. The van der Waals surface area contributed by atoms with Crippen LogP contribution in [0.4, 0.5) is 0 Å². The molecule has 2 aromatic rings. The van der Waals surface area contributed by atoms with E-state index in [1.807, 2.05) is 23.2 Å². The molecule has 2 aromatic heterocycles. The van der Waals surface area contributed by atoms with Gasteiger partial charge in [-0.2, -0.15) is 5.10 Å². The van der Waals surface area contributed by atoms with Gasteiger partial charge in [-0.1, -0.05) is 11.6 Å². The Balaban J connectivity index is 1.57. The molecule has 0 saturated carbocycles. The Kier molecular flexibility index (Phi) is 3.57. The summed E-state index contributed by atoms with van der Waals surface area (Å²) in [6, 6.07) is 3.87. The summed E-state index contributed by atoms with van der Waals surface area (Å²) < 4.78 is 0.781. The molecule has 0 unspecified atom stereocenters. The molecule has 0 bridgehead atoms. The van der Waals surface area contributed by atoms with Crippen LogP contribution in [0.15, 0.2) is 18.3 Å². The Morgan fingerprint density at radius 1 is 1.53 bits per heavy atom. The summed E-state index contributed by atoms with van der Waals surface area (Å²) >= 11 is 7.43. The van der Waals surface area contributed by atoms with Gasteiger partial charge in [0.25, 0.3) is 0 Å². The number of aromatic amines is 1. The number of rotatable bonds is 3. The molecule has 0 aliphatic carbocycles. The lowest BCUT2D eigenvalue weighted by Crippen LogP contribution is -2.35. The average molecular weight is 296 g/mol. The molecular formula is C13H14ClN3OS. The molecule has 6 heteroatoms. The van der Waals surface area contributed by atoms with Gasteiger partial charge in [0.05, 0.1) is 10.5 Å². The quantitative estimate of drug-likeness (QED) is 0.946. The van der Waals surface area contributed by atoms with Gasteiger partial charge >= 0.3 is 0 Å². The van der Waals surface area contributed by atoms with E-state index in [1.54, 1.807) is 11.3 Å². The van der Waals surface area contributed by atoms with Crippen molar-refractivity contribution in [3.8, 4) is 0 Å². The van der Waals surface area contributed by atoms with Crippen LogP contribution in [-0.4, -0.2) is 27.5 Å². The van der Waals surface area contributed by atoms with E-state index < -0.39 is 0 Å². The third-order valence-corrected chi connectivity index (χ3v) is 4.66. The Morgan fingerprint density at radius 3 is 3.21 bits per heavy atom. The highest BCUT2D eigenvalue weighted by molar-refractivity contribution is 7.16. The van der Waals surface area contributed by atoms with Crippen molar-refractivity contribution in [2.24, 2.45) is 0 Å². The predicted molar refractivity (Wildman–Crippen MR) is 75.4 cm³/mol. The molecule has 3 heterocycles. The number of carbonyl (C=O) groups is 1. The van der Waals surface area contributed by atoms with Crippen LogP contribution in [0.1, 0.15) is 22.6 Å². The molecule has 1 aliphatic heterocycles. The summed E-state index contributed by atoms with van der Waals surface area (Å²) in [5.41, 5.74) is 2.30. The van der Waals surface area contributed by atoms with Gasteiger partial charge in [-0.05, 0) is 18.6 Å². The lowest BCUT2D eigenvalue weighted by Gasteiger charge is -2.26. The maximum Gasteiger partial charge on any atom is 0.223 e. The number of nitrogens with one attached hydrogen (secondary N) is 1. The van der Waals surface area contributed by atoms with Crippen molar-refractivity contribution in [1.29, 1.82) is 0 Å². The van der Waals surface area contributed by atoms with Gasteiger partial charge in [0.15, 0.2) is 0 Å². The molecule has 0 saturated heterocycles. The third-order valence-electron chi connectivity index (χ3n) is 3.37. The fraction of sp³-hybridized carbons (Fsp3) is 0.385. The van der Waals surface area contributed by atoms with Crippen LogP contribution in [0, 0.1) is 0 Å². The van der Waals surface area contributed by atoms with Gasteiger partial charge in [-0.15, -0.1) is 11.3 Å². The molecule has 0 aromatic carbocycles. The van der Waals surface area contributed by atoms with E-state index in [0.29, 0.717) is 13.0 Å². The van der Waals surface area contributed by atoms with E-state index >= 15 is 0 Å². The Morgan fingerprint density at radius 2 is 2.42 bits per heavy atom. The predicted octanol–water partition coefficient (Wildman–Crippen LogP) is 2.64. The number of hydrogen-bond acceptors (Lipinski definition) is 3. The SMILES string of the molecule is O=C(CCc1ccc(Cl)s1)N1CCc2[nH]ncc2C1. The zero-order valence-corrected chi connectivity index (χ0v) is 11.9. The highest BCUT2D eigenvalue weighted by Crippen LogP contribution is 2.23. The van der Waals surface area contributed by atoms with Crippen molar-refractivity contribution in [2.75, 3.05) is 6.54 Å². The number of aryl methyl sites for hydroxylation is 1. The van der Waals surface area contributed by atoms with Crippen molar-refractivity contribution >= 4 is 28.8 Å².